The molecule has 1 atom stereocenters. The van der Waals surface area contributed by atoms with Crippen LogP contribution in [0.15, 0.2) is 18.2 Å². The molecule has 3 N–H and O–H groups in total. The summed E-state index contributed by atoms with van der Waals surface area (Å²) in [5.41, 5.74) is 7.47. The van der Waals surface area contributed by atoms with Crippen molar-refractivity contribution >= 4 is 11.4 Å². The number of aliphatic hydroxyl groups is 1. The smallest absolute Gasteiger partial charge is 0.144 e. The third-order valence-corrected chi connectivity index (χ3v) is 2.69. The molecule has 96 valence electrons. The number of likely N-dealkylation sites (N-methyl/N-ethyl adjacent to an activating group) is 1. The molecule has 1 aromatic carbocycles. The topological polar surface area (TPSA) is 58.7 Å². The van der Waals surface area contributed by atoms with E-state index in [-0.39, 0.29) is 18.8 Å². The maximum atomic E-state index is 9.14. The lowest BCUT2D eigenvalue weighted by molar-refractivity contribution is 0.243. The lowest BCUT2D eigenvalue weighted by Gasteiger charge is -2.26. The summed E-state index contributed by atoms with van der Waals surface area (Å²) in [7, 11) is 1.94. The minimum absolute atomic E-state index is 0.0607. The number of hydrogen-bond donors (Lipinski definition) is 2. The van der Waals surface area contributed by atoms with Gasteiger partial charge in [0.05, 0.1) is 18.4 Å². The van der Waals surface area contributed by atoms with Crippen molar-refractivity contribution < 1.29 is 9.84 Å². The fourth-order valence-corrected chi connectivity index (χ4v) is 1.48. The number of nitrogens with two attached hydrogens (primary N) is 1. The summed E-state index contributed by atoms with van der Waals surface area (Å²) < 4.78 is 5.64. The standard InChI is InChI=1S/C13H22N2O2/c1-9(2)17-13-7-11(5-6-12(13)14)15(4)10(3)8-16/h5-7,9-10,16H,8,14H2,1-4H3. The summed E-state index contributed by atoms with van der Waals surface area (Å²) in [5, 5.41) is 9.14. The van der Waals surface area contributed by atoms with Crippen molar-refractivity contribution in [2.75, 3.05) is 24.3 Å². The van der Waals surface area contributed by atoms with Crippen LogP contribution in [0, 0.1) is 0 Å². The maximum Gasteiger partial charge on any atom is 0.144 e. The SMILES string of the molecule is CC(C)Oc1cc(N(C)C(C)CO)ccc1N. The van der Waals surface area contributed by atoms with Crippen molar-refractivity contribution in [3.8, 4) is 5.75 Å². The average Bonchev–Trinajstić information content (AvgIpc) is 2.29. The molecule has 0 aliphatic rings. The van der Waals surface area contributed by atoms with E-state index in [0.717, 1.165) is 5.69 Å². The predicted octanol–water partition coefficient (Wildman–Crippen LogP) is 1.87. The normalized spacial score (nSPS) is 12.6. The molecule has 0 saturated heterocycles. The van der Waals surface area contributed by atoms with Gasteiger partial charge in [-0.05, 0) is 32.9 Å². The molecule has 0 aliphatic carbocycles. The van der Waals surface area contributed by atoms with Crippen LogP contribution in [0.2, 0.25) is 0 Å². The Kier molecular flexibility index (Phi) is 4.63. The van der Waals surface area contributed by atoms with Gasteiger partial charge in [-0.25, -0.2) is 0 Å². The first-order valence-corrected chi connectivity index (χ1v) is 5.85. The third kappa shape index (κ3) is 3.53. The highest BCUT2D eigenvalue weighted by Gasteiger charge is 2.11. The fraction of sp³-hybridized carbons (Fsp3) is 0.538. The maximum absolute atomic E-state index is 9.14. The van der Waals surface area contributed by atoms with E-state index in [9.17, 15) is 0 Å². The minimum atomic E-state index is 0.0607. The summed E-state index contributed by atoms with van der Waals surface area (Å²) >= 11 is 0. The number of anilines is 2. The number of benzene rings is 1. The Morgan fingerprint density at radius 1 is 1.35 bits per heavy atom. The molecule has 0 saturated carbocycles. The first-order chi connectivity index (χ1) is 7.95. The van der Waals surface area contributed by atoms with Crippen LogP contribution in [0.3, 0.4) is 0 Å². The van der Waals surface area contributed by atoms with E-state index in [2.05, 4.69) is 0 Å². The minimum Gasteiger partial charge on any atom is -0.489 e. The van der Waals surface area contributed by atoms with Crippen LogP contribution in [-0.2, 0) is 0 Å². The van der Waals surface area contributed by atoms with Gasteiger partial charge in [-0.1, -0.05) is 0 Å². The summed E-state index contributed by atoms with van der Waals surface area (Å²) in [6.07, 6.45) is 0.0909. The summed E-state index contributed by atoms with van der Waals surface area (Å²) in [6.45, 7) is 6.00. The van der Waals surface area contributed by atoms with Crippen LogP contribution in [0.5, 0.6) is 5.75 Å². The Morgan fingerprint density at radius 3 is 2.53 bits per heavy atom. The Labute approximate surface area is 103 Å². The number of ether oxygens (including phenoxy) is 1. The van der Waals surface area contributed by atoms with Crippen molar-refractivity contribution in [2.24, 2.45) is 0 Å². The molecule has 4 nitrogen and oxygen atoms in total. The highest BCUT2D eigenvalue weighted by Crippen LogP contribution is 2.28. The monoisotopic (exact) mass is 238 g/mol. The van der Waals surface area contributed by atoms with E-state index in [1.807, 2.05) is 50.9 Å². The number of nitrogens with zero attached hydrogens (tertiary/aromatic N) is 1. The van der Waals surface area contributed by atoms with E-state index >= 15 is 0 Å². The molecular weight excluding hydrogens is 216 g/mol. The molecular formula is C13H22N2O2. The Hall–Kier alpha value is -1.42. The molecule has 0 fully saturated rings. The lowest BCUT2D eigenvalue weighted by Crippen LogP contribution is -2.31. The van der Waals surface area contributed by atoms with Gasteiger partial charge in [-0.2, -0.15) is 0 Å². The molecule has 0 radical (unpaired) electrons. The van der Waals surface area contributed by atoms with Crippen molar-refractivity contribution in [1.29, 1.82) is 0 Å². The van der Waals surface area contributed by atoms with Crippen molar-refractivity contribution in [3.63, 3.8) is 0 Å². The van der Waals surface area contributed by atoms with E-state index in [0.29, 0.717) is 11.4 Å². The first-order valence-electron chi connectivity index (χ1n) is 5.85. The molecule has 1 aromatic rings. The lowest BCUT2D eigenvalue weighted by atomic mass is 10.2. The Balaban J connectivity index is 2.95. The molecule has 0 bridgehead atoms. The van der Waals surface area contributed by atoms with Gasteiger partial charge in [0.1, 0.15) is 5.75 Å². The van der Waals surface area contributed by atoms with Crippen LogP contribution in [-0.4, -0.2) is 30.9 Å². The zero-order chi connectivity index (χ0) is 13.0. The molecule has 1 rings (SSSR count). The molecule has 0 aromatic heterocycles. The van der Waals surface area contributed by atoms with Gasteiger partial charge >= 0.3 is 0 Å². The number of rotatable bonds is 5. The number of aliphatic hydroxyl groups excluding tert-OH is 1. The van der Waals surface area contributed by atoms with Gasteiger partial charge in [-0.15, -0.1) is 0 Å². The van der Waals surface area contributed by atoms with Gasteiger partial charge in [-0.3, -0.25) is 0 Å². The Bertz CT molecular complexity index is 366. The van der Waals surface area contributed by atoms with Crippen molar-refractivity contribution in [2.45, 2.75) is 32.9 Å². The zero-order valence-electron chi connectivity index (χ0n) is 11.0. The van der Waals surface area contributed by atoms with Gasteiger partial charge in [0.25, 0.3) is 0 Å². The van der Waals surface area contributed by atoms with E-state index in [1.165, 1.54) is 0 Å². The largest absolute Gasteiger partial charge is 0.489 e. The highest BCUT2D eigenvalue weighted by atomic mass is 16.5. The molecule has 4 heteroatoms. The van der Waals surface area contributed by atoms with E-state index in [1.54, 1.807) is 0 Å². The molecule has 0 amide bonds. The zero-order valence-corrected chi connectivity index (χ0v) is 11.0. The van der Waals surface area contributed by atoms with Gasteiger partial charge in [0, 0.05) is 24.8 Å². The van der Waals surface area contributed by atoms with Gasteiger partial charge < -0.3 is 20.5 Å². The molecule has 17 heavy (non-hydrogen) atoms. The van der Waals surface area contributed by atoms with Crippen molar-refractivity contribution in [1.82, 2.24) is 0 Å². The van der Waals surface area contributed by atoms with Crippen LogP contribution in [0.4, 0.5) is 11.4 Å². The first kappa shape index (κ1) is 13.6. The average molecular weight is 238 g/mol. The van der Waals surface area contributed by atoms with Crippen LogP contribution >= 0.6 is 0 Å². The molecule has 0 spiro atoms. The van der Waals surface area contributed by atoms with E-state index in [4.69, 9.17) is 15.6 Å². The quantitative estimate of drug-likeness (QED) is 0.769. The second-order valence-corrected chi connectivity index (χ2v) is 4.53. The fourth-order valence-electron chi connectivity index (χ4n) is 1.48. The van der Waals surface area contributed by atoms with Crippen LogP contribution < -0.4 is 15.4 Å². The van der Waals surface area contributed by atoms with E-state index < -0.39 is 0 Å². The predicted molar refractivity (Wildman–Crippen MR) is 71.6 cm³/mol. The van der Waals surface area contributed by atoms with Crippen LogP contribution in [0.25, 0.3) is 0 Å². The van der Waals surface area contributed by atoms with Gasteiger partial charge in [0.2, 0.25) is 0 Å². The Morgan fingerprint density at radius 2 is 2.00 bits per heavy atom. The van der Waals surface area contributed by atoms with Gasteiger partial charge in [0.15, 0.2) is 0 Å². The second-order valence-electron chi connectivity index (χ2n) is 4.53. The third-order valence-electron chi connectivity index (χ3n) is 2.69. The summed E-state index contributed by atoms with van der Waals surface area (Å²) in [6, 6.07) is 5.72. The summed E-state index contributed by atoms with van der Waals surface area (Å²) in [5.74, 6) is 0.689. The summed E-state index contributed by atoms with van der Waals surface area (Å²) in [4.78, 5) is 1.99. The second kappa shape index (κ2) is 5.77. The highest BCUT2D eigenvalue weighted by molar-refractivity contribution is 5.62. The molecule has 1 unspecified atom stereocenters. The molecule has 0 aliphatic heterocycles. The van der Waals surface area contributed by atoms with Crippen molar-refractivity contribution in [3.05, 3.63) is 18.2 Å². The van der Waals surface area contributed by atoms with Crippen LogP contribution in [0.1, 0.15) is 20.8 Å². The number of hydrogen-bond acceptors (Lipinski definition) is 4. The number of nitrogen functional groups attached to an aromatic ring is 1. The molecule has 0 heterocycles.